The third-order valence-corrected chi connectivity index (χ3v) is 4.15. The quantitative estimate of drug-likeness (QED) is 0.646. The van der Waals surface area contributed by atoms with Gasteiger partial charge in [-0.3, -0.25) is 0 Å². The Hall–Kier alpha value is -1.32. The standard InChI is InChI=1S/C15H16ClNOS/c1-2-18-13-6-3-11(4-7-13)10-19-15-8-5-12(17)9-14(15)16/h3-9H,2,10,17H2,1H3. The molecule has 19 heavy (non-hydrogen) atoms. The summed E-state index contributed by atoms with van der Waals surface area (Å²) in [5, 5.41) is 0.705. The molecule has 0 aliphatic heterocycles. The van der Waals surface area contributed by atoms with Crippen molar-refractivity contribution in [1.82, 2.24) is 0 Å². The lowest BCUT2D eigenvalue weighted by molar-refractivity contribution is 0.340. The fraction of sp³-hybridized carbons (Fsp3) is 0.200. The van der Waals surface area contributed by atoms with Crippen LogP contribution in [0.5, 0.6) is 5.75 Å². The van der Waals surface area contributed by atoms with Gasteiger partial charge in [0.05, 0.1) is 11.6 Å². The highest BCUT2D eigenvalue weighted by atomic mass is 35.5. The molecule has 2 aromatic rings. The first-order chi connectivity index (χ1) is 9.19. The Kier molecular flexibility index (Phi) is 5.00. The van der Waals surface area contributed by atoms with Gasteiger partial charge >= 0.3 is 0 Å². The van der Waals surface area contributed by atoms with Crippen LogP contribution in [-0.2, 0) is 5.75 Å². The minimum atomic E-state index is 0.690. The number of rotatable bonds is 5. The van der Waals surface area contributed by atoms with Gasteiger partial charge in [-0.25, -0.2) is 0 Å². The second-order valence-electron chi connectivity index (χ2n) is 4.06. The fourth-order valence-electron chi connectivity index (χ4n) is 1.64. The van der Waals surface area contributed by atoms with E-state index < -0.39 is 0 Å². The van der Waals surface area contributed by atoms with Crippen LogP contribution in [0.1, 0.15) is 12.5 Å². The molecule has 0 fully saturated rings. The van der Waals surface area contributed by atoms with Crippen molar-refractivity contribution >= 4 is 29.1 Å². The summed E-state index contributed by atoms with van der Waals surface area (Å²) in [5.74, 6) is 1.78. The van der Waals surface area contributed by atoms with Crippen LogP contribution in [0.2, 0.25) is 5.02 Å². The highest BCUT2D eigenvalue weighted by Crippen LogP contribution is 2.31. The number of ether oxygens (including phenoxy) is 1. The van der Waals surface area contributed by atoms with E-state index in [1.54, 1.807) is 17.8 Å². The third kappa shape index (κ3) is 4.08. The van der Waals surface area contributed by atoms with Crippen molar-refractivity contribution in [3.63, 3.8) is 0 Å². The minimum absolute atomic E-state index is 0.690. The number of benzene rings is 2. The summed E-state index contributed by atoms with van der Waals surface area (Å²) in [6, 6.07) is 13.7. The van der Waals surface area contributed by atoms with Crippen LogP contribution in [0.4, 0.5) is 5.69 Å². The van der Waals surface area contributed by atoms with Crippen molar-refractivity contribution < 1.29 is 4.74 Å². The van der Waals surface area contributed by atoms with Gasteiger partial charge in [-0.2, -0.15) is 0 Å². The van der Waals surface area contributed by atoms with Gasteiger partial charge in [-0.15, -0.1) is 11.8 Å². The molecule has 2 aromatic carbocycles. The average Bonchev–Trinajstić information content (AvgIpc) is 2.40. The van der Waals surface area contributed by atoms with E-state index in [0.717, 1.165) is 16.4 Å². The normalized spacial score (nSPS) is 10.4. The summed E-state index contributed by atoms with van der Waals surface area (Å²) in [4.78, 5) is 1.05. The molecule has 0 aromatic heterocycles. The van der Waals surface area contributed by atoms with Crippen LogP contribution < -0.4 is 10.5 Å². The number of nitrogen functional groups attached to an aromatic ring is 1. The van der Waals surface area contributed by atoms with E-state index in [-0.39, 0.29) is 0 Å². The van der Waals surface area contributed by atoms with Crippen molar-refractivity contribution in [2.45, 2.75) is 17.6 Å². The van der Waals surface area contributed by atoms with Gasteiger partial charge in [0.1, 0.15) is 5.75 Å². The second-order valence-corrected chi connectivity index (χ2v) is 5.48. The summed E-state index contributed by atoms with van der Waals surface area (Å²) >= 11 is 7.84. The van der Waals surface area contributed by atoms with E-state index in [4.69, 9.17) is 22.1 Å². The van der Waals surface area contributed by atoms with E-state index in [2.05, 4.69) is 12.1 Å². The van der Waals surface area contributed by atoms with E-state index in [1.165, 1.54) is 5.56 Å². The number of halogens is 1. The predicted octanol–water partition coefficient (Wildman–Crippen LogP) is 4.61. The van der Waals surface area contributed by atoms with Crippen LogP contribution in [0.15, 0.2) is 47.4 Å². The Bertz CT molecular complexity index is 542. The Morgan fingerprint density at radius 2 is 1.89 bits per heavy atom. The van der Waals surface area contributed by atoms with Crippen molar-refractivity contribution in [3.05, 3.63) is 53.1 Å². The van der Waals surface area contributed by atoms with Crippen LogP contribution in [0, 0.1) is 0 Å². The van der Waals surface area contributed by atoms with Crippen LogP contribution in [0.25, 0.3) is 0 Å². The maximum atomic E-state index is 6.14. The molecular formula is C15H16ClNOS. The van der Waals surface area contributed by atoms with Crippen LogP contribution in [0.3, 0.4) is 0 Å². The first kappa shape index (κ1) is 14.1. The fourth-order valence-corrected chi connectivity index (χ4v) is 2.87. The SMILES string of the molecule is CCOc1ccc(CSc2ccc(N)cc2Cl)cc1. The number of hydrogen-bond donors (Lipinski definition) is 1. The van der Waals surface area contributed by atoms with Gasteiger partial charge in [0.2, 0.25) is 0 Å². The van der Waals surface area contributed by atoms with Crippen molar-refractivity contribution in [2.75, 3.05) is 12.3 Å². The van der Waals surface area contributed by atoms with Gasteiger partial charge in [0, 0.05) is 16.3 Å². The Morgan fingerprint density at radius 3 is 2.53 bits per heavy atom. The predicted molar refractivity (Wildman–Crippen MR) is 83.0 cm³/mol. The van der Waals surface area contributed by atoms with Gasteiger partial charge in [0.15, 0.2) is 0 Å². The third-order valence-electron chi connectivity index (χ3n) is 2.58. The summed E-state index contributed by atoms with van der Waals surface area (Å²) in [7, 11) is 0. The molecule has 0 saturated carbocycles. The highest BCUT2D eigenvalue weighted by molar-refractivity contribution is 7.98. The number of nitrogens with two attached hydrogens (primary N) is 1. The summed E-state index contributed by atoms with van der Waals surface area (Å²) in [6.07, 6.45) is 0. The molecule has 0 aliphatic carbocycles. The van der Waals surface area contributed by atoms with Gasteiger partial charge in [-0.05, 0) is 42.8 Å². The van der Waals surface area contributed by atoms with E-state index in [1.807, 2.05) is 31.2 Å². The lowest BCUT2D eigenvalue weighted by atomic mass is 10.2. The van der Waals surface area contributed by atoms with Crippen molar-refractivity contribution in [1.29, 1.82) is 0 Å². The second kappa shape index (κ2) is 6.73. The van der Waals surface area contributed by atoms with Gasteiger partial charge in [-0.1, -0.05) is 23.7 Å². The number of anilines is 1. The molecule has 0 radical (unpaired) electrons. The molecule has 0 amide bonds. The molecule has 2 nitrogen and oxygen atoms in total. The number of hydrogen-bond acceptors (Lipinski definition) is 3. The van der Waals surface area contributed by atoms with Crippen molar-refractivity contribution in [3.8, 4) is 5.75 Å². The summed E-state index contributed by atoms with van der Waals surface area (Å²) in [5.41, 5.74) is 7.60. The molecule has 0 heterocycles. The molecule has 0 saturated heterocycles. The Labute approximate surface area is 122 Å². The summed E-state index contributed by atoms with van der Waals surface area (Å²) < 4.78 is 5.41. The zero-order valence-corrected chi connectivity index (χ0v) is 12.3. The van der Waals surface area contributed by atoms with Gasteiger partial charge < -0.3 is 10.5 Å². The zero-order chi connectivity index (χ0) is 13.7. The maximum Gasteiger partial charge on any atom is 0.119 e. The minimum Gasteiger partial charge on any atom is -0.494 e. The molecule has 0 atom stereocenters. The molecule has 0 aliphatic rings. The lowest BCUT2D eigenvalue weighted by Gasteiger charge is -2.07. The molecule has 4 heteroatoms. The molecule has 0 spiro atoms. The molecule has 2 N–H and O–H groups in total. The average molecular weight is 294 g/mol. The molecule has 0 bridgehead atoms. The van der Waals surface area contributed by atoms with Gasteiger partial charge in [0.25, 0.3) is 0 Å². The smallest absolute Gasteiger partial charge is 0.119 e. The highest BCUT2D eigenvalue weighted by Gasteiger charge is 2.02. The van der Waals surface area contributed by atoms with Crippen molar-refractivity contribution in [2.24, 2.45) is 0 Å². The molecule has 100 valence electrons. The lowest BCUT2D eigenvalue weighted by Crippen LogP contribution is -1.91. The monoisotopic (exact) mass is 293 g/mol. The van der Waals surface area contributed by atoms with Crippen LogP contribution in [-0.4, -0.2) is 6.61 Å². The van der Waals surface area contributed by atoms with Crippen LogP contribution >= 0.6 is 23.4 Å². The zero-order valence-electron chi connectivity index (χ0n) is 10.7. The topological polar surface area (TPSA) is 35.2 Å². The van der Waals surface area contributed by atoms with E-state index in [0.29, 0.717) is 17.3 Å². The summed E-state index contributed by atoms with van der Waals surface area (Å²) in [6.45, 7) is 2.67. The maximum absolute atomic E-state index is 6.14. The Balaban J connectivity index is 1.98. The Morgan fingerprint density at radius 1 is 1.16 bits per heavy atom. The molecular weight excluding hydrogens is 278 g/mol. The first-order valence-corrected chi connectivity index (χ1v) is 7.45. The number of thioether (sulfide) groups is 1. The first-order valence-electron chi connectivity index (χ1n) is 6.08. The largest absolute Gasteiger partial charge is 0.494 e. The van der Waals surface area contributed by atoms with E-state index in [9.17, 15) is 0 Å². The molecule has 0 unspecified atom stereocenters. The molecule has 2 rings (SSSR count). The van der Waals surface area contributed by atoms with E-state index >= 15 is 0 Å².